The van der Waals surface area contributed by atoms with E-state index in [0.29, 0.717) is 34.5 Å². The zero-order valence-corrected chi connectivity index (χ0v) is 20.9. The molecule has 34 heavy (non-hydrogen) atoms. The first kappa shape index (κ1) is 23.0. The number of anilines is 1. The Hall–Kier alpha value is -2.76. The van der Waals surface area contributed by atoms with Crippen LogP contribution in [0.5, 0.6) is 0 Å². The second-order valence-electron chi connectivity index (χ2n) is 9.42. The number of likely N-dealkylation sites (tertiary alicyclic amines) is 1. The van der Waals surface area contributed by atoms with Crippen LogP contribution in [0.25, 0.3) is 0 Å². The first-order valence-electron chi connectivity index (χ1n) is 11.7. The molecule has 2 aliphatic heterocycles. The number of piperidine rings is 1. The molecule has 3 aromatic rings. The number of halogens is 1. The summed E-state index contributed by atoms with van der Waals surface area (Å²) in [6.07, 6.45) is 1.14. The molecule has 0 aliphatic carbocycles. The van der Waals surface area contributed by atoms with Gasteiger partial charge < -0.3 is 9.80 Å². The van der Waals surface area contributed by atoms with E-state index >= 15 is 0 Å². The van der Waals surface area contributed by atoms with Gasteiger partial charge in [0.1, 0.15) is 0 Å². The summed E-state index contributed by atoms with van der Waals surface area (Å²) in [7, 11) is 0. The molecule has 0 aromatic heterocycles. The molecule has 5 rings (SSSR count). The standard InChI is InChI=1S/C28H27ClN2O2S/c1-18-13-19(2)16-30(15-18)27(32)20-11-12-26-24(14-20)31(17-21-7-3-5-9-23(21)29)28(33)22-8-4-6-10-25(22)34-26/h3-12,14,18-19H,13,15-17H2,1-2H3/t18-,19+. The molecule has 0 radical (unpaired) electrons. The highest BCUT2D eigenvalue weighted by molar-refractivity contribution is 7.99. The largest absolute Gasteiger partial charge is 0.338 e. The van der Waals surface area contributed by atoms with E-state index in [2.05, 4.69) is 13.8 Å². The minimum absolute atomic E-state index is 0.0260. The highest BCUT2D eigenvalue weighted by atomic mass is 35.5. The number of nitrogens with zero attached hydrogens (tertiary/aromatic N) is 2. The molecule has 6 heteroatoms. The minimum atomic E-state index is -0.0911. The molecule has 0 unspecified atom stereocenters. The molecule has 0 saturated carbocycles. The summed E-state index contributed by atoms with van der Waals surface area (Å²) < 4.78 is 0. The Morgan fingerprint density at radius 2 is 1.68 bits per heavy atom. The summed E-state index contributed by atoms with van der Waals surface area (Å²) in [6.45, 7) is 6.26. The number of carbonyl (C=O) groups is 2. The van der Waals surface area contributed by atoms with Crippen molar-refractivity contribution in [1.82, 2.24) is 4.90 Å². The van der Waals surface area contributed by atoms with Crippen molar-refractivity contribution in [3.05, 3.63) is 88.4 Å². The van der Waals surface area contributed by atoms with Crippen LogP contribution in [0.2, 0.25) is 5.02 Å². The van der Waals surface area contributed by atoms with E-state index in [1.807, 2.05) is 71.6 Å². The van der Waals surface area contributed by atoms with Gasteiger partial charge in [0.25, 0.3) is 11.8 Å². The number of hydrogen-bond donors (Lipinski definition) is 0. The van der Waals surface area contributed by atoms with Crippen LogP contribution in [0.15, 0.2) is 76.5 Å². The van der Waals surface area contributed by atoms with E-state index < -0.39 is 0 Å². The average Bonchev–Trinajstić information content (AvgIpc) is 2.93. The summed E-state index contributed by atoms with van der Waals surface area (Å²) >= 11 is 8.03. The number of hydrogen-bond acceptors (Lipinski definition) is 3. The lowest BCUT2D eigenvalue weighted by Gasteiger charge is -2.35. The maximum Gasteiger partial charge on any atom is 0.259 e. The van der Waals surface area contributed by atoms with Crippen LogP contribution < -0.4 is 4.90 Å². The SMILES string of the molecule is C[C@@H]1C[C@H](C)CN(C(=O)c2ccc3c(c2)N(Cc2ccccc2Cl)C(=O)c2ccccc2S3)C1. The van der Waals surface area contributed by atoms with Gasteiger partial charge in [-0.2, -0.15) is 0 Å². The highest BCUT2D eigenvalue weighted by Crippen LogP contribution is 2.42. The third kappa shape index (κ3) is 4.47. The number of fused-ring (bicyclic) bond motifs is 2. The van der Waals surface area contributed by atoms with Gasteiger partial charge in [0.15, 0.2) is 0 Å². The lowest BCUT2D eigenvalue weighted by Crippen LogP contribution is -2.42. The van der Waals surface area contributed by atoms with E-state index in [1.165, 1.54) is 0 Å². The van der Waals surface area contributed by atoms with Crippen LogP contribution >= 0.6 is 23.4 Å². The Morgan fingerprint density at radius 1 is 0.971 bits per heavy atom. The molecule has 174 valence electrons. The van der Waals surface area contributed by atoms with Crippen molar-refractivity contribution in [2.75, 3.05) is 18.0 Å². The monoisotopic (exact) mass is 490 g/mol. The van der Waals surface area contributed by atoms with Crippen LogP contribution in [-0.4, -0.2) is 29.8 Å². The van der Waals surface area contributed by atoms with Crippen LogP contribution in [0, 0.1) is 11.8 Å². The summed E-state index contributed by atoms with van der Waals surface area (Å²) in [5, 5.41) is 0.616. The molecule has 0 bridgehead atoms. The van der Waals surface area contributed by atoms with E-state index in [9.17, 15) is 9.59 Å². The average molecular weight is 491 g/mol. The molecule has 1 saturated heterocycles. The first-order chi connectivity index (χ1) is 16.4. The molecule has 1 fully saturated rings. The van der Waals surface area contributed by atoms with Crippen molar-refractivity contribution in [3.63, 3.8) is 0 Å². The van der Waals surface area contributed by atoms with Crippen LogP contribution in [-0.2, 0) is 6.54 Å². The zero-order chi connectivity index (χ0) is 23.8. The Morgan fingerprint density at radius 3 is 2.44 bits per heavy atom. The van der Waals surface area contributed by atoms with Gasteiger partial charge in [-0.3, -0.25) is 9.59 Å². The topological polar surface area (TPSA) is 40.6 Å². The number of carbonyl (C=O) groups excluding carboxylic acids is 2. The molecule has 0 N–H and O–H groups in total. The maximum absolute atomic E-state index is 13.8. The Bertz CT molecular complexity index is 1250. The van der Waals surface area contributed by atoms with E-state index in [0.717, 1.165) is 40.6 Å². The second kappa shape index (κ2) is 9.47. The fourth-order valence-electron chi connectivity index (χ4n) is 5.02. The molecular formula is C28H27ClN2O2S. The fourth-order valence-corrected chi connectivity index (χ4v) is 6.27. The molecule has 2 atom stereocenters. The molecule has 4 nitrogen and oxygen atoms in total. The van der Waals surface area contributed by atoms with Gasteiger partial charge in [-0.1, -0.05) is 67.5 Å². The fraction of sp³-hybridized carbons (Fsp3) is 0.286. The molecule has 2 heterocycles. The van der Waals surface area contributed by atoms with Gasteiger partial charge in [-0.25, -0.2) is 0 Å². The maximum atomic E-state index is 13.8. The second-order valence-corrected chi connectivity index (χ2v) is 10.9. The number of rotatable bonds is 3. The molecule has 2 amide bonds. The quantitative estimate of drug-likeness (QED) is 0.406. The molecule has 0 spiro atoms. The van der Waals surface area contributed by atoms with Gasteiger partial charge in [0.05, 0.1) is 17.8 Å². The summed E-state index contributed by atoms with van der Waals surface area (Å²) in [4.78, 5) is 32.8. The predicted molar refractivity (Wildman–Crippen MR) is 138 cm³/mol. The van der Waals surface area contributed by atoms with Gasteiger partial charge in [0.2, 0.25) is 0 Å². The molecular weight excluding hydrogens is 464 g/mol. The van der Waals surface area contributed by atoms with Gasteiger partial charge in [0, 0.05) is 33.5 Å². The third-order valence-electron chi connectivity index (χ3n) is 6.52. The molecule has 3 aromatic carbocycles. The van der Waals surface area contributed by atoms with Gasteiger partial charge in [-0.15, -0.1) is 0 Å². The van der Waals surface area contributed by atoms with E-state index in [1.54, 1.807) is 16.7 Å². The first-order valence-corrected chi connectivity index (χ1v) is 12.9. The minimum Gasteiger partial charge on any atom is -0.338 e. The van der Waals surface area contributed by atoms with Crippen molar-refractivity contribution in [2.24, 2.45) is 11.8 Å². The Kier molecular flexibility index (Phi) is 6.41. The van der Waals surface area contributed by atoms with Gasteiger partial charge >= 0.3 is 0 Å². The van der Waals surface area contributed by atoms with Crippen LogP contribution in [0.1, 0.15) is 46.5 Å². The lowest BCUT2D eigenvalue weighted by atomic mass is 9.91. The smallest absolute Gasteiger partial charge is 0.259 e. The Balaban J connectivity index is 1.57. The van der Waals surface area contributed by atoms with E-state index in [4.69, 9.17) is 11.6 Å². The van der Waals surface area contributed by atoms with Crippen molar-refractivity contribution in [2.45, 2.75) is 36.6 Å². The highest BCUT2D eigenvalue weighted by Gasteiger charge is 2.30. The van der Waals surface area contributed by atoms with Crippen molar-refractivity contribution >= 4 is 40.9 Å². The lowest BCUT2D eigenvalue weighted by molar-refractivity contribution is 0.0623. The summed E-state index contributed by atoms with van der Waals surface area (Å²) in [5.41, 5.74) is 2.88. The predicted octanol–water partition coefficient (Wildman–Crippen LogP) is 6.77. The van der Waals surface area contributed by atoms with Gasteiger partial charge in [-0.05, 0) is 60.2 Å². The third-order valence-corrected chi connectivity index (χ3v) is 8.03. The van der Waals surface area contributed by atoms with Crippen LogP contribution in [0.3, 0.4) is 0 Å². The van der Waals surface area contributed by atoms with Crippen molar-refractivity contribution < 1.29 is 9.59 Å². The summed E-state index contributed by atoms with van der Waals surface area (Å²) in [5.74, 6) is 0.901. The Labute approximate surface area is 209 Å². The summed E-state index contributed by atoms with van der Waals surface area (Å²) in [6, 6.07) is 21.0. The molecule has 2 aliphatic rings. The van der Waals surface area contributed by atoms with Crippen LogP contribution in [0.4, 0.5) is 5.69 Å². The van der Waals surface area contributed by atoms with E-state index in [-0.39, 0.29) is 11.8 Å². The normalized spacial score (nSPS) is 19.9. The van der Waals surface area contributed by atoms with Crippen molar-refractivity contribution in [1.29, 1.82) is 0 Å². The van der Waals surface area contributed by atoms with Crippen molar-refractivity contribution in [3.8, 4) is 0 Å². The zero-order valence-electron chi connectivity index (χ0n) is 19.3. The number of amides is 2. The number of benzene rings is 3.